The Morgan fingerprint density at radius 1 is 0.727 bits per heavy atom. The second kappa shape index (κ2) is 26.5. The molecule has 3 unspecified atom stereocenters. The van der Waals surface area contributed by atoms with E-state index >= 15 is 0 Å². The molecule has 3 amide bonds. The molecule has 17 heteroatoms. The molecular formula is C49H67N7O10. The Labute approximate surface area is 388 Å². The number of amides is 3. The number of ether oxygens (including phenoxy) is 6. The molecule has 66 heavy (non-hydrogen) atoms. The summed E-state index contributed by atoms with van der Waals surface area (Å²) in [5, 5.41) is 5.60. The van der Waals surface area contributed by atoms with E-state index in [1.54, 1.807) is 21.3 Å². The van der Waals surface area contributed by atoms with E-state index in [0.717, 1.165) is 46.0 Å². The minimum Gasteiger partial charge on any atom is -0.497 e. The van der Waals surface area contributed by atoms with Crippen LogP contribution in [0.15, 0.2) is 97.1 Å². The third kappa shape index (κ3) is 14.8. The summed E-state index contributed by atoms with van der Waals surface area (Å²) in [5.41, 5.74) is 19.5. The summed E-state index contributed by atoms with van der Waals surface area (Å²) in [5.74, 6) is 1.46. The summed E-state index contributed by atoms with van der Waals surface area (Å²) in [6.45, 7) is 13.5. The van der Waals surface area contributed by atoms with Crippen LogP contribution < -0.4 is 46.5 Å². The fourth-order valence-corrected chi connectivity index (χ4v) is 7.22. The predicted molar refractivity (Wildman–Crippen MR) is 255 cm³/mol. The van der Waals surface area contributed by atoms with Crippen LogP contribution in [0.4, 0.5) is 22.7 Å². The Morgan fingerprint density at radius 2 is 1.35 bits per heavy atom. The Bertz CT molecular complexity index is 2130. The number of carbonyl (C=O) groups excluding carboxylic acids is 4. The molecule has 4 aromatic rings. The zero-order valence-electron chi connectivity index (χ0n) is 39.4. The molecule has 3 atom stereocenters. The molecular weight excluding hydrogens is 847 g/mol. The fourth-order valence-electron chi connectivity index (χ4n) is 7.22. The lowest BCUT2D eigenvalue weighted by Crippen LogP contribution is -2.42. The van der Waals surface area contributed by atoms with E-state index in [4.69, 9.17) is 38.9 Å². The van der Waals surface area contributed by atoms with Crippen LogP contribution in [0.3, 0.4) is 0 Å². The van der Waals surface area contributed by atoms with Crippen LogP contribution in [-0.4, -0.2) is 105 Å². The molecule has 0 radical (unpaired) electrons. The van der Waals surface area contributed by atoms with Crippen LogP contribution >= 0.6 is 0 Å². The number of nitrogens with zero attached hydrogens (tertiary/aromatic N) is 3. The third-order valence-corrected chi connectivity index (χ3v) is 10.7. The largest absolute Gasteiger partial charge is 0.497 e. The van der Waals surface area contributed by atoms with Crippen LogP contribution in [0.1, 0.15) is 44.9 Å². The maximum absolute atomic E-state index is 12.7. The standard InChI is InChI=1S/C18H28N2O5.C17H19N3O2.C12H16N2O2.C2H4O/c1-15-5-4-6-16(11-15)20-12-18(17(21)19-20,13-24-9-7-22-2)14-25-10-8-23-3;1-11-16(12-4-3-5-13(18)10-12)20(19-17(11)21)14-6-8-15(22-2)9-7-14;1-3-16-11-6-4-5-10(7-11)14-8-9(2)12(15)13-14;1-2-3/h4-6,11H,7-10,12-14H2,1-3H3,(H,19,21);3-11,16H,18H2,1-2H3,(H,19,21);4-7,9H,3,8H2,1-2H3,(H,13,15);2H,1H3. The van der Waals surface area contributed by atoms with Gasteiger partial charge in [0.25, 0.3) is 5.91 Å². The number of nitrogens with one attached hydrogen (secondary N) is 3. The van der Waals surface area contributed by atoms with E-state index in [2.05, 4.69) is 16.3 Å². The summed E-state index contributed by atoms with van der Waals surface area (Å²) >= 11 is 0. The van der Waals surface area contributed by atoms with Gasteiger partial charge in [0, 0.05) is 26.0 Å². The second-order valence-electron chi connectivity index (χ2n) is 15.8. The first-order valence-electron chi connectivity index (χ1n) is 21.9. The van der Waals surface area contributed by atoms with Gasteiger partial charge >= 0.3 is 0 Å². The molecule has 4 aromatic carbocycles. The Hall–Kier alpha value is -6.40. The van der Waals surface area contributed by atoms with Crippen LogP contribution in [0.2, 0.25) is 0 Å². The van der Waals surface area contributed by atoms with E-state index in [0.29, 0.717) is 51.8 Å². The highest BCUT2D eigenvalue weighted by Crippen LogP contribution is 2.37. The summed E-state index contributed by atoms with van der Waals surface area (Å²) in [4.78, 5) is 45.0. The van der Waals surface area contributed by atoms with Crippen molar-refractivity contribution >= 4 is 46.8 Å². The zero-order valence-corrected chi connectivity index (χ0v) is 39.4. The topological polar surface area (TPSA) is 195 Å². The highest BCUT2D eigenvalue weighted by Gasteiger charge is 2.47. The monoisotopic (exact) mass is 913 g/mol. The number of nitrogens with two attached hydrogens (primary N) is 1. The Kier molecular flexibility index (Phi) is 21.0. The number of rotatable bonds is 17. The van der Waals surface area contributed by atoms with Gasteiger partial charge in [0.2, 0.25) is 11.8 Å². The van der Waals surface area contributed by atoms with E-state index in [-0.39, 0.29) is 48.8 Å². The van der Waals surface area contributed by atoms with E-state index < -0.39 is 5.41 Å². The Balaban J connectivity index is 0.000000214. The normalized spacial score (nSPS) is 18.1. The van der Waals surface area contributed by atoms with Crippen molar-refractivity contribution in [3.63, 3.8) is 0 Å². The van der Waals surface area contributed by atoms with Crippen molar-refractivity contribution in [1.29, 1.82) is 0 Å². The molecule has 3 aliphatic rings. The number of anilines is 4. The van der Waals surface area contributed by atoms with Crippen molar-refractivity contribution < 1.29 is 47.6 Å². The van der Waals surface area contributed by atoms with Crippen molar-refractivity contribution in [1.82, 2.24) is 16.3 Å². The number of carbonyl (C=O) groups is 4. The van der Waals surface area contributed by atoms with Crippen LogP contribution in [-0.2, 0) is 38.1 Å². The molecule has 0 aromatic heterocycles. The van der Waals surface area contributed by atoms with Gasteiger partial charge in [-0.15, -0.1) is 0 Å². The first-order valence-corrected chi connectivity index (χ1v) is 21.9. The zero-order chi connectivity index (χ0) is 48.1. The first kappa shape index (κ1) is 52.2. The van der Waals surface area contributed by atoms with Crippen LogP contribution in [0.25, 0.3) is 0 Å². The fraction of sp³-hybridized carbons (Fsp3) is 0.429. The van der Waals surface area contributed by atoms with Gasteiger partial charge in [-0.05, 0) is 92.6 Å². The van der Waals surface area contributed by atoms with Crippen LogP contribution in [0, 0.1) is 24.2 Å². The lowest BCUT2D eigenvalue weighted by atomic mass is 9.90. The molecule has 3 aliphatic heterocycles. The number of aryl methyl sites for hydroxylation is 1. The molecule has 0 bridgehead atoms. The average molecular weight is 914 g/mol. The smallest absolute Gasteiger partial charge is 0.251 e. The average Bonchev–Trinajstić information content (AvgIpc) is 3.94. The quantitative estimate of drug-likeness (QED) is 0.0594. The third-order valence-electron chi connectivity index (χ3n) is 10.7. The molecule has 17 nitrogen and oxygen atoms in total. The molecule has 0 spiro atoms. The maximum atomic E-state index is 12.7. The highest BCUT2D eigenvalue weighted by atomic mass is 16.5. The summed E-state index contributed by atoms with van der Waals surface area (Å²) in [7, 11) is 4.87. The first-order chi connectivity index (χ1) is 31.8. The Morgan fingerprint density at radius 3 is 1.91 bits per heavy atom. The molecule has 358 valence electrons. The van der Waals surface area contributed by atoms with Crippen molar-refractivity contribution in [2.75, 3.05) is 101 Å². The van der Waals surface area contributed by atoms with Gasteiger partial charge in [-0.1, -0.05) is 44.2 Å². The van der Waals surface area contributed by atoms with Crippen molar-refractivity contribution in [3.8, 4) is 11.5 Å². The number of methoxy groups -OCH3 is 3. The maximum Gasteiger partial charge on any atom is 0.251 e. The van der Waals surface area contributed by atoms with E-state index in [1.807, 2.05) is 140 Å². The number of benzene rings is 4. The van der Waals surface area contributed by atoms with Gasteiger partial charge in [0.1, 0.15) is 23.2 Å². The lowest BCUT2D eigenvalue weighted by molar-refractivity contribution is -0.135. The van der Waals surface area contributed by atoms with Crippen molar-refractivity contribution in [2.24, 2.45) is 17.3 Å². The SMILES string of the molecule is CC=O.CCOc1cccc(N2CC(C)C(=O)N2)c1.COCCOCC1(COCCOC)CN(c2cccc(C)c2)NC1=O.COc1ccc(N2NC(=O)C(C)C2c2cccc(N)c2)cc1. The predicted octanol–water partition coefficient (Wildman–Crippen LogP) is 5.44. The number of hydrogen-bond donors (Lipinski definition) is 4. The van der Waals surface area contributed by atoms with Crippen molar-refractivity contribution in [3.05, 3.63) is 108 Å². The highest BCUT2D eigenvalue weighted by molar-refractivity contribution is 5.88. The lowest BCUT2D eigenvalue weighted by Gasteiger charge is -2.27. The van der Waals surface area contributed by atoms with Gasteiger partial charge in [0.15, 0.2) is 0 Å². The molecule has 0 saturated carbocycles. The summed E-state index contributed by atoms with van der Waals surface area (Å²) in [6.07, 6.45) is 0.750. The van der Waals surface area contributed by atoms with Gasteiger partial charge < -0.3 is 38.9 Å². The minimum atomic E-state index is -0.759. The molecule has 7 rings (SSSR count). The molecule has 3 fully saturated rings. The van der Waals surface area contributed by atoms with Gasteiger partial charge in [-0.25, -0.2) is 0 Å². The molecule has 3 saturated heterocycles. The minimum absolute atomic E-state index is 0.00300. The van der Waals surface area contributed by atoms with Gasteiger partial charge in [-0.3, -0.25) is 45.7 Å². The van der Waals surface area contributed by atoms with Crippen molar-refractivity contribution in [2.45, 2.75) is 40.7 Å². The van der Waals surface area contributed by atoms with Gasteiger partial charge in [0.05, 0.1) is 101 Å². The van der Waals surface area contributed by atoms with Gasteiger partial charge in [-0.2, -0.15) is 0 Å². The molecule has 5 N–H and O–H groups in total. The second-order valence-corrected chi connectivity index (χ2v) is 15.8. The molecule has 0 aliphatic carbocycles. The number of hydrogen-bond acceptors (Lipinski definition) is 14. The summed E-state index contributed by atoms with van der Waals surface area (Å²) in [6, 6.07) is 30.9. The number of aldehydes is 1. The van der Waals surface area contributed by atoms with Crippen LogP contribution in [0.5, 0.6) is 11.5 Å². The summed E-state index contributed by atoms with van der Waals surface area (Å²) < 4.78 is 31.9. The van der Waals surface area contributed by atoms with E-state index in [1.165, 1.54) is 6.92 Å². The molecule has 3 heterocycles. The number of nitrogen functional groups attached to an aromatic ring is 1. The number of hydrazine groups is 3. The van der Waals surface area contributed by atoms with E-state index in [9.17, 15) is 14.4 Å².